The number of anilines is 1. The van der Waals surface area contributed by atoms with Crippen molar-refractivity contribution in [2.24, 2.45) is 23.5 Å². The summed E-state index contributed by atoms with van der Waals surface area (Å²) in [5.41, 5.74) is 7.96. The van der Waals surface area contributed by atoms with E-state index in [0.29, 0.717) is 37.0 Å². The van der Waals surface area contributed by atoms with Gasteiger partial charge in [-0.25, -0.2) is 12.9 Å². The third-order valence-electron chi connectivity index (χ3n) is 7.21. The zero-order valence-electron chi connectivity index (χ0n) is 23.3. The van der Waals surface area contributed by atoms with Crippen molar-refractivity contribution >= 4 is 28.7 Å². The van der Waals surface area contributed by atoms with E-state index in [1.54, 1.807) is 18.2 Å². The largest absolute Gasteiger partial charge is 0.353 e. The molecular formula is C29H42FN5O3S. The second kappa shape index (κ2) is 14.6. The fourth-order valence-corrected chi connectivity index (χ4v) is 5.86. The van der Waals surface area contributed by atoms with Gasteiger partial charge in [0, 0.05) is 43.8 Å². The van der Waals surface area contributed by atoms with Crippen molar-refractivity contribution in [3.05, 3.63) is 66.0 Å². The Bertz CT molecular complexity index is 1100. The molecule has 6 atom stereocenters. The van der Waals surface area contributed by atoms with Crippen LogP contribution < -0.4 is 16.4 Å². The maximum Gasteiger partial charge on any atom is 0.238 e. The molecule has 0 spiro atoms. The minimum Gasteiger partial charge on any atom is -0.353 e. The molecule has 6 unspecified atom stereocenters. The van der Waals surface area contributed by atoms with Gasteiger partial charge in [0.25, 0.3) is 0 Å². The van der Waals surface area contributed by atoms with E-state index in [-0.39, 0.29) is 30.1 Å². The monoisotopic (exact) mass is 559 g/mol. The number of rotatable bonds is 10. The first-order chi connectivity index (χ1) is 18.5. The Morgan fingerprint density at radius 2 is 1.72 bits per heavy atom. The molecule has 1 aliphatic heterocycles. The summed E-state index contributed by atoms with van der Waals surface area (Å²) in [6.07, 6.45) is 1.56. The zero-order chi connectivity index (χ0) is 28.5. The number of nitrogens with zero attached hydrogens (tertiary/aromatic N) is 2. The number of aryl methyl sites for hydroxylation is 1. The molecule has 4 rings (SSSR count). The lowest BCUT2D eigenvalue weighted by atomic mass is 10.0. The van der Waals surface area contributed by atoms with Crippen LogP contribution in [-0.4, -0.2) is 62.9 Å². The van der Waals surface area contributed by atoms with Gasteiger partial charge in [-0.1, -0.05) is 49.7 Å². The van der Waals surface area contributed by atoms with E-state index >= 15 is 0 Å². The molecule has 4 N–H and O–H groups in total. The van der Waals surface area contributed by atoms with Gasteiger partial charge >= 0.3 is 0 Å². The first-order valence-electron chi connectivity index (χ1n) is 13.6. The van der Waals surface area contributed by atoms with Crippen LogP contribution in [0.2, 0.25) is 0 Å². The van der Waals surface area contributed by atoms with Gasteiger partial charge in [0.05, 0.1) is 6.04 Å². The Kier molecular flexibility index (Phi) is 11.6. The Hall–Kier alpha value is -2.66. The maximum absolute atomic E-state index is 13.0. The van der Waals surface area contributed by atoms with Crippen molar-refractivity contribution in [3.63, 3.8) is 0 Å². The second-order valence-electron chi connectivity index (χ2n) is 10.7. The lowest BCUT2D eigenvalue weighted by Gasteiger charge is -2.24. The van der Waals surface area contributed by atoms with Gasteiger partial charge in [-0.15, -0.1) is 0 Å². The van der Waals surface area contributed by atoms with Crippen molar-refractivity contribution < 1.29 is 18.2 Å². The van der Waals surface area contributed by atoms with E-state index in [2.05, 4.69) is 36.6 Å². The molecule has 0 radical (unpaired) electrons. The number of carbonyl (C=O) groups is 2. The summed E-state index contributed by atoms with van der Waals surface area (Å²) < 4.78 is 29.4. The molecule has 2 aromatic carbocycles. The zero-order valence-corrected chi connectivity index (χ0v) is 24.1. The van der Waals surface area contributed by atoms with E-state index in [1.807, 2.05) is 22.5 Å². The minimum absolute atomic E-state index is 0.218. The number of amides is 2. The highest BCUT2D eigenvalue weighted by Gasteiger charge is 2.40. The molecule has 0 bridgehead atoms. The topological polar surface area (TPSA) is 108 Å². The SMILES string of the molecule is CC(CC(N)CNC(=O)C(C)N1CCN(CC2CC2C)S1=O)C(=O)Nc1ccc(F)cc1.Cc1ccccc1. The number of hydrogen-bond acceptors (Lipinski definition) is 4. The van der Waals surface area contributed by atoms with Crippen LogP contribution in [0.4, 0.5) is 10.1 Å². The average Bonchev–Trinajstić information content (AvgIpc) is 3.49. The van der Waals surface area contributed by atoms with Gasteiger partial charge in [-0.3, -0.25) is 9.59 Å². The normalized spacial score (nSPS) is 23.2. The van der Waals surface area contributed by atoms with E-state index in [9.17, 15) is 18.2 Å². The van der Waals surface area contributed by atoms with Crippen molar-refractivity contribution in [2.75, 3.05) is 31.5 Å². The van der Waals surface area contributed by atoms with Crippen molar-refractivity contribution in [1.82, 2.24) is 13.9 Å². The number of carbonyl (C=O) groups excluding carboxylic acids is 2. The molecule has 1 heterocycles. The summed E-state index contributed by atoms with van der Waals surface area (Å²) in [6.45, 7) is 10.1. The van der Waals surface area contributed by atoms with E-state index < -0.39 is 23.3 Å². The summed E-state index contributed by atoms with van der Waals surface area (Å²) in [7, 11) is 0. The van der Waals surface area contributed by atoms with Crippen LogP contribution in [0.15, 0.2) is 54.6 Å². The number of nitrogens with one attached hydrogen (secondary N) is 2. The van der Waals surface area contributed by atoms with Crippen LogP contribution in [0.3, 0.4) is 0 Å². The highest BCUT2D eigenvalue weighted by atomic mass is 32.2. The molecule has 2 aromatic rings. The van der Waals surface area contributed by atoms with E-state index in [0.717, 1.165) is 6.54 Å². The predicted octanol–water partition coefficient (Wildman–Crippen LogP) is 3.47. The van der Waals surface area contributed by atoms with Crippen molar-refractivity contribution in [3.8, 4) is 0 Å². The fourth-order valence-electron chi connectivity index (χ4n) is 4.40. The van der Waals surface area contributed by atoms with Crippen LogP contribution in [-0.2, 0) is 20.8 Å². The second-order valence-corrected chi connectivity index (χ2v) is 12.1. The molecule has 1 saturated carbocycles. The van der Waals surface area contributed by atoms with Crippen LogP contribution >= 0.6 is 0 Å². The molecule has 2 fully saturated rings. The molecule has 1 aliphatic carbocycles. The highest BCUT2D eigenvalue weighted by Crippen LogP contribution is 2.39. The summed E-state index contributed by atoms with van der Waals surface area (Å²) in [6, 6.07) is 14.9. The third-order valence-corrected chi connectivity index (χ3v) is 8.89. The van der Waals surface area contributed by atoms with Crippen molar-refractivity contribution in [2.45, 2.75) is 52.6 Å². The highest BCUT2D eigenvalue weighted by molar-refractivity contribution is 7.80. The Balaban J connectivity index is 0.000000520. The van der Waals surface area contributed by atoms with Gasteiger partial charge in [0.2, 0.25) is 11.8 Å². The summed E-state index contributed by atoms with van der Waals surface area (Å²) in [4.78, 5) is 24.9. The van der Waals surface area contributed by atoms with Gasteiger partial charge < -0.3 is 16.4 Å². The summed E-state index contributed by atoms with van der Waals surface area (Å²) >= 11 is -1.30. The molecule has 0 aromatic heterocycles. The molecule has 39 heavy (non-hydrogen) atoms. The standard InChI is InChI=1S/C22H34FN5O3S.C7H8/c1-14-10-17(14)13-27-8-9-28(32(27)31)16(3)22(30)25-12-19(24)11-15(2)21(29)26-20-6-4-18(23)5-7-20;1-7-5-3-2-4-6-7/h4-7,14-17,19H,8-13,24H2,1-3H3,(H,25,30)(H,26,29);2-6H,1H3. The number of halogens is 1. The van der Waals surface area contributed by atoms with E-state index in [1.165, 1.54) is 36.2 Å². The van der Waals surface area contributed by atoms with Gasteiger partial charge in [0.15, 0.2) is 11.2 Å². The number of hydrogen-bond donors (Lipinski definition) is 3. The van der Waals surface area contributed by atoms with Crippen molar-refractivity contribution in [1.29, 1.82) is 0 Å². The predicted molar refractivity (Wildman–Crippen MR) is 154 cm³/mol. The average molecular weight is 560 g/mol. The Morgan fingerprint density at radius 3 is 2.28 bits per heavy atom. The number of nitrogens with two attached hydrogens (primary N) is 1. The van der Waals surface area contributed by atoms with Gasteiger partial charge in [-0.2, -0.15) is 4.31 Å². The lowest BCUT2D eigenvalue weighted by molar-refractivity contribution is -0.124. The van der Waals surface area contributed by atoms with Crippen LogP contribution in [0.1, 0.15) is 39.2 Å². The van der Waals surface area contributed by atoms with Gasteiger partial charge in [0.1, 0.15) is 5.82 Å². The summed E-state index contributed by atoms with van der Waals surface area (Å²) in [5.74, 6) is 0.120. The molecular weight excluding hydrogens is 517 g/mol. The van der Waals surface area contributed by atoms with E-state index in [4.69, 9.17) is 5.73 Å². The minimum atomic E-state index is -1.30. The first kappa shape index (κ1) is 30.9. The molecule has 1 saturated heterocycles. The molecule has 2 amide bonds. The first-order valence-corrected chi connectivity index (χ1v) is 14.7. The molecule has 214 valence electrons. The quantitative estimate of drug-likeness (QED) is 0.414. The number of benzene rings is 2. The molecule has 2 aliphatic rings. The Morgan fingerprint density at radius 1 is 1.08 bits per heavy atom. The van der Waals surface area contributed by atoms with Crippen LogP contribution in [0.5, 0.6) is 0 Å². The lowest BCUT2D eigenvalue weighted by Crippen LogP contribution is -2.48. The maximum atomic E-state index is 13.0. The van der Waals surface area contributed by atoms with Gasteiger partial charge in [-0.05, 0) is 62.8 Å². The molecule has 10 heteroatoms. The Labute approximate surface area is 234 Å². The molecule has 8 nitrogen and oxygen atoms in total. The van der Waals surface area contributed by atoms with Crippen LogP contribution in [0.25, 0.3) is 0 Å². The smallest absolute Gasteiger partial charge is 0.238 e. The third kappa shape index (κ3) is 9.79. The van der Waals surface area contributed by atoms with Crippen LogP contribution in [0, 0.1) is 30.5 Å². The fraction of sp³-hybridized carbons (Fsp3) is 0.517. The summed E-state index contributed by atoms with van der Waals surface area (Å²) in [5, 5.41) is 5.55.